The van der Waals surface area contributed by atoms with Crippen LogP contribution < -0.4 is 9.62 Å². The lowest BCUT2D eigenvalue weighted by Gasteiger charge is -2.33. The predicted molar refractivity (Wildman–Crippen MR) is 162 cm³/mol. The molecule has 3 aromatic carbocycles. The van der Waals surface area contributed by atoms with Crippen LogP contribution in [0.4, 0.5) is 5.69 Å². The minimum Gasteiger partial charge on any atom is -0.350 e. The monoisotopic (exact) mass is 623 g/mol. The Kier molecular flexibility index (Phi) is 10.2. The van der Waals surface area contributed by atoms with E-state index in [9.17, 15) is 18.0 Å². The first-order valence-corrected chi connectivity index (χ1v) is 15.1. The maximum atomic E-state index is 14.0. The molecule has 0 fully saturated rings. The highest BCUT2D eigenvalue weighted by Crippen LogP contribution is 2.27. The van der Waals surface area contributed by atoms with Gasteiger partial charge in [-0.05, 0) is 88.7 Å². The molecule has 0 saturated carbocycles. The summed E-state index contributed by atoms with van der Waals surface area (Å²) in [6.07, 6.45) is 0. The summed E-state index contributed by atoms with van der Waals surface area (Å²) in [5, 5.41) is 4.03. The zero-order chi connectivity index (χ0) is 29.8. The fourth-order valence-electron chi connectivity index (χ4n) is 3.86. The number of nitrogens with zero attached hydrogens (tertiary/aromatic N) is 2. The van der Waals surface area contributed by atoms with Gasteiger partial charge in [-0.2, -0.15) is 0 Å². The van der Waals surface area contributed by atoms with Gasteiger partial charge in [0.25, 0.3) is 10.0 Å². The third-order valence-electron chi connectivity index (χ3n) is 6.02. The SMILES string of the molecule is Cc1ccc(S(=O)(=O)N(CC(=O)N(Cc2ccc(Cl)cc2Cl)C(C)C(=O)NC(C)(C)C)c2ccc(Cl)cc2)cc1. The Balaban J connectivity index is 2.05. The van der Waals surface area contributed by atoms with E-state index in [1.54, 1.807) is 49.4 Å². The molecule has 0 aromatic heterocycles. The number of benzene rings is 3. The summed E-state index contributed by atoms with van der Waals surface area (Å²) in [6.45, 7) is 8.30. The number of aryl methyl sites for hydroxylation is 1. The van der Waals surface area contributed by atoms with E-state index in [0.29, 0.717) is 20.6 Å². The maximum absolute atomic E-state index is 14.0. The summed E-state index contributed by atoms with van der Waals surface area (Å²) in [6, 6.07) is 16.4. The number of rotatable bonds is 9. The van der Waals surface area contributed by atoms with Crippen LogP contribution in [-0.4, -0.2) is 43.3 Å². The van der Waals surface area contributed by atoms with Gasteiger partial charge in [0.2, 0.25) is 11.8 Å². The Labute approximate surface area is 251 Å². The van der Waals surface area contributed by atoms with Crippen molar-refractivity contribution in [1.29, 1.82) is 0 Å². The topological polar surface area (TPSA) is 86.8 Å². The summed E-state index contributed by atoms with van der Waals surface area (Å²) in [5.74, 6) is -1.00. The van der Waals surface area contributed by atoms with Crippen LogP contribution in [0.3, 0.4) is 0 Å². The number of carbonyl (C=O) groups excluding carboxylic acids is 2. The number of nitrogens with one attached hydrogen (secondary N) is 1. The minimum absolute atomic E-state index is 0.0201. The molecule has 0 aliphatic carbocycles. The van der Waals surface area contributed by atoms with E-state index in [0.717, 1.165) is 9.87 Å². The van der Waals surface area contributed by atoms with Gasteiger partial charge in [0.15, 0.2) is 0 Å². The van der Waals surface area contributed by atoms with E-state index in [1.165, 1.54) is 29.2 Å². The van der Waals surface area contributed by atoms with Gasteiger partial charge in [0, 0.05) is 27.2 Å². The molecule has 7 nitrogen and oxygen atoms in total. The average molecular weight is 625 g/mol. The van der Waals surface area contributed by atoms with Crippen LogP contribution in [0.25, 0.3) is 0 Å². The Morgan fingerprint density at radius 2 is 1.48 bits per heavy atom. The molecule has 40 heavy (non-hydrogen) atoms. The maximum Gasteiger partial charge on any atom is 0.264 e. The lowest BCUT2D eigenvalue weighted by atomic mass is 10.1. The third-order valence-corrected chi connectivity index (χ3v) is 8.65. The molecule has 1 unspecified atom stereocenters. The molecule has 2 amide bonds. The molecule has 0 aliphatic heterocycles. The summed E-state index contributed by atoms with van der Waals surface area (Å²) >= 11 is 18.5. The van der Waals surface area contributed by atoms with Crippen molar-refractivity contribution in [1.82, 2.24) is 10.2 Å². The number of anilines is 1. The van der Waals surface area contributed by atoms with Gasteiger partial charge in [0.1, 0.15) is 12.6 Å². The highest BCUT2D eigenvalue weighted by molar-refractivity contribution is 7.92. The standard InChI is InChI=1S/C29H32Cl3N3O4S/c1-19-6-14-25(15-7-19)40(38,39)35(24-12-10-22(30)11-13-24)18-27(36)34(20(2)28(37)33-29(3,4)5)17-21-8-9-23(31)16-26(21)32/h6-16,20H,17-18H2,1-5H3,(H,33,37). The van der Waals surface area contributed by atoms with Gasteiger partial charge in [-0.15, -0.1) is 0 Å². The largest absolute Gasteiger partial charge is 0.350 e. The van der Waals surface area contributed by atoms with E-state index in [4.69, 9.17) is 34.8 Å². The second kappa shape index (κ2) is 12.8. The van der Waals surface area contributed by atoms with E-state index in [2.05, 4.69) is 5.32 Å². The normalized spacial score (nSPS) is 12.5. The van der Waals surface area contributed by atoms with Crippen LogP contribution in [-0.2, 0) is 26.2 Å². The lowest BCUT2D eigenvalue weighted by Crippen LogP contribution is -2.54. The van der Waals surface area contributed by atoms with Crippen molar-refractivity contribution in [2.24, 2.45) is 0 Å². The van der Waals surface area contributed by atoms with Crippen LogP contribution in [0, 0.1) is 6.92 Å². The van der Waals surface area contributed by atoms with Gasteiger partial charge >= 0.3 is 0 Å². The molecule has 11 heteroatoms. The molecule has 3 rings (SSSR count). The predicted octanol–water partition coefficient (Wildman–Crippen LogP) is 6.48. The van der Waals surface area contributed by atoms with E-state index in [1.807, 2.05) is 27.7 Å². The average Bonchev–Trinajstić information content (AvgIpc) is 2.86. The van der Waals surface area contributed by atoms with Crippen molar-refractivity contribution in [3.8, 4) is 0 Å². The Hall–Kier alpha value is -2.78. The van der Waals surface area contributed by atoms with Crippen molar-refractivity contribution >= 4 is 62.3 Å². The molecule has 0 spiro atoms. The first-order chi connectivity index (χ1) is 18.6. The summed E-state index contributed by atoms with van der Waals surface area (Å²) in [5.41, 5.74) is 1.13. The third kappa shape index (κ3) is 8.13. The molecule has 0 heterocycles. The second-order valence-electron chi connectivity index (χ2n) is 10.5. The summed E-state index contributed by atoms with van der Waals surface area (Å²) in [4.78, 5) is 28.5. The molecule has 1 N–H and O–H groups in total. The molecular weight excluding hydrogens is 593 g/mol. The molecule has 0 bridgehead atoms. The van der Waals surface area contributed by atoms with Crippen LogP contribution in [0.5, 0.6) is 0 Å². The Morgan fingerprint density at radius 1 is 0.900 bits per heavy atom. The Bertz CT molecular complexity index is 1470. The highest BCUT2D eigenvalue weighted by Gasteiger charge is 2.33. The number of halogens is 3. The minimum atomic E-state index is -4.18. The second-order valence-corrected chi connectivity index (χ2v) is 13.6. The zero-order valence-electron chi connectivity index (χ0n) is 22.9. The molecule has 0 aliphatic rings. The number of amides is 2. The van der Waals surface area contributed by atoms with Crippen molar-refractivity contribution in [2.75, 3.05) is 10.8 Å². The van der Waals surface area contributed by atoms with Crippen LogP contribution in [0.15, 0.2) is 71.6 Å². The smallest absolute Gasteiger partial charge is 0.264 e. The number of hydrogen-bond acceptors (Lipinski definition) is 4. The fraction of sp³-hybridized carbons (Fsp3) is 0.310. The van der Waals surface area contributed by atoms with Crippen molar-refractivity contribution in [3.63, 3.8) is 0 Å². The number of hydrogen-bond donors (Lipinski definition) is 1. The van der Waals surface area contributed by atoms with Gasteiger partial charge in [0.05, 0.1) is 10.6 Å². The fourth-order valence-corrected chi connectivity index (χ4v) is 5.87. The van der Waals surface area contributed by atoms with Crippen molar-refractivity contribution < 1.29 is 18.0 Å². The quantitative estimate of drug-likeness (QED) is 0.295. The summed E-state index contributed by atoms with van der Waals surface area (Å²) in [7, 11) is -4.18. The first kappa shape index (κ1) is 31.7. The number of sulfonamides is 1. The molecular formula is C29H32Cl3N3O4S. The van der Waals surface area contributed by atoms with Gasteiger partial charge in [-0.3, -0.25) is 13.9 Å². The molecule has 214 valence electrons. The van der Waals surface area contributed by atoms with Gasteiger partial charge in [-0.1, -0.05) is 58.6 Å². The molecule has 1 atom stereocenters. The molecule has 0 radical (unpaired) electrons. The van der Waals surface area contributed by atoms with E-state index >= 15 is 0 Å². The molecule has 0 saturated heterocycles. The van der Waals surface area contributed by atoms with Gasteiger partial charge < -0.3 is 10.2 Å². The highest BCUT2D eigenvalue weighted by atomic mass is 35.5. The zero-order valence-corrected chi connectivity index (χ0v) is 26.0. The lowest BCUT2D eigenvalue weighted by molar-refractivity contribution is -0.140. The van der Waals surface area contributed by atoms with E-state index < -0.39 is 40.0 Å². The van der Waals surface area contributed by atoms with Crippen molar-refractivity contribution in [2.45, 2.75) is 57.6 Å². The first-order valence-electron chi connectivity index (χ1n) is 12.5. The Morgan fingerprint density at radius 3 is 2.02 bits per heavy atom. The van der Waals surface area contributed by atoms with Gasteiger partial charge in [-0.25, -0.2) is 8.42 Å². The van der Waals surface area contributed by atoms with Crippen LogP contribution in [0.1, 0.15) is 38.8 Å². The van der Waals surface area contributed by atoms with Crippen LogP contribution >= 0.6 is 34.8 Å². The molecule has 3 aromatic rings. The van der Waals surface area contributed by atoms with E-state index in [-0.39, 0.29) is 17.1 Å². The van der Waals surface area contributed by atoms with Crippen LogP contribution in [0.2, 0.25) is 15.1 Å². The van der Waals surface area contributed by atoms with Crippen molar-refractivity contribution in [3.05, 3.63) is 92.9 Å². The number of carbonyl (C=O) groups is 2. The summed E-state index contributed by atoms with van der Waals surface area (Å²) < 4.78 is 28.7.